The van der Waals surface area contributed by atoms with Gasteiger partial charge < -0.3 is 25.8 Å². The van der Waals surface area contributed by atoms with Gasteiger partial charge in [0.1, 0.15) is 11.6 Å². The number of benzene rings is 1. The highest BCUT2D eigenvalue weighted by molar-refractivity contribution is 5.74. The van der Waals surface area contributed by atoms with Gasteiger partial charge in [-0.2, -0.15) is 9.61 Å². The summed E-state index contributed by atoms with van der Waals surface area (Å²) in [4.78, 5) is 10.8. The Labute approximate surface area is 211 Å². The lowest BCUT2D eigenvalue weighted by atomic mass is 9.92. The topological polar surface area (TPSA) is 114 Å². The molecule has 9 nitrogen and oxygen atoms in total. The van der Waals surface area contributed by atoms with E-state index < -0.39 is 17.7 Å². The molecule has 6 rings (SSSR count). The van der Waals surface area contributed by atoms with Crippen molar-refractivity contribution in [2.45, 2.75) is 25.0 Å². The fourth-order valence-corrected chi connectivity index (χ4v) is 4.99. The minimum Gasteiger partial charge on any atom is -0.391 e. The molecule has 2 fully saturated rings. The van der Waals surface area contributed by atoms with Gasteiger partial charge in [0, 0.05) is 37.2 Å². The van der Waals surface area contributed by atoms with Crippen molar-refractivity contribution < 1.29 is 18.6 Å². The molecule has 0 spiro atoms. The number of nitrogens with zero attached hydrogens (tertiary/aromatic N) is 5. The van der Waals surface area contributed by atoms with Gasteiger partial charge in [-0.25, -0.2) is 13.8 Å². The van der Waals surface area contributed by atoms with E-state index in [0.717, 1.165) is 5.69 Å². The summed E-state index contributed by atoms with van der Waals surface area (Å²) in [5.74, 6) is -0.975. The molecule has 2 aliphatic heterocycles. The van der Waals surface area contributed by atoms with Crippen LogP contribution in [0.5, 0.6) is 0 Å². The number of nitrogens with two attached hydrogens (primary N) is 1. The smallest absolute Gasteiger partial charge is 0.229 e. The largest absolute Gasteiger partial charge is 0.391 e. The molecular weight excluding hydrogens is 480 g/mol. The third-order valence-corrected chi connectivity index (χ3v) is 7.16. The van der Waals surface area contributed by atoms with Gasteiger partial charge in [-0.3, -0.25) is 4.98 Å². The van der Waals surface area contributed by atoms with Crippen LogP contribution in [0.4, 0.5) is 26.1 Å². The fraction of sp³-hybridized carbons (Fsp3) is 0.346. The minimum atomic E-state index is -0.671. The highest BCUT2D eigenvalue weighted by Crippen LogP contribution is 2.33. The zero-order valence-corrected chi connectivity index (χ0v) is 20.2. The SMILES string of the molecule is C[C@H]1CN(c2ccncc2Nc2ncc3ccc(-c4c(F)cc(C5COC5)cc4F)nn23)C[C@@H](N)[C@@H]1O. The first-order chi connectivity index (χ1) is 17.9. The number of aliphatic hydroxyl groups excluding tert-OH is 1. The molecule has 0 unspecified atom stereocenters. The van der Waals surface area contributed by atoms with E-state index in [1.165, 1.54) is 16.6 Å². The van der Waals surface area contributed by atoms with Crippen molar-refractivity contribution in [1.29, 1.82) is 0 Å². The molecule has 2 saturated heterocycles. The zero-order chi connectivity index (χ0) is 25.7. The van der Waals surface area contributed by atoms with Crippen molar-refractivity contribution in [2.75, 3.05) is 36.5 Å². The maximum Gasteiger partial charge on any atom is 0.229 e. The Bertz CT molecular complexity index is 1420. The number of piperidine rings is 1. The van der Waals surface area contributed by atoms with Gasteiger partial charge >= 0.3 is 0 Å². The summed E-state index contributed by atoms with van der Waals surface area (Å²) < 4.78 is 36.7. The second-order valence-electron chi connectivity index (χ2n) is 9.79. The summed E-state index contributed by atoms with van der Waals surface area (Å²) in [6.45, 7) is 4.00. The fourth-order valence-electron chi connectivity index (χ4n) is 4.99. The predicted octanol–water partition coefficient (Wildman–Crippen LogP) is 3.07. The lowest BCUT2D eigenvalue weighted by Crippen LogP contribution is -2.55. The van der Waals surface area contributed by atoms with Gasteiger partial charge in [-0.15, -0.1) is 0 Å². The molecule has 0 aliphatic carbocycles. The number of rotatable bonds is 5. The number of anilines is 3. The van der Waals surface area contributed by atoms with Gasteiger partial charge in [0.2, 0.25) is 5.95 Å². The first kappa shape index (κ1) is 23.7. The molecule has 11 heteroatoms. The average Bonchev–Trinajstić information content (AvgIpc) is 3.23. The molecular formula is C26H27F2N7O2. The lowest BCUT2D eigenvalue weighted by molar-refractivity contribution is 0.00822. The number of hydrogen-bond donors (Lipinski definition) is 3. The van der Waals surface area contributed by atoms with E-state index in [4.69, 9.17) is 10.5 Å². The van der Waals surface area contributed by atoms with Gasteiger partial charge in [0.25, 0.3) is 0 Å². The highest BCUT2D eigenvalue weighted by Gasteiger charge is 2.32. The second-order valence-corrected chi connectivity index (χ2v) is 9.79. The van der Waals surface area contributed by atoms with Crippen LogP contribution in [-0.2, 0) is 4.74 Å². The van der Waals surface area contributed by atoms with Crippen LogP contribution in [0, 0.1) is 17.6 Å². The molecule has 4 aromatic rings. The molecule has 0 bridgehead atoms. The van der Waals surface area contributed by atoms with Crippen molar-refractivity contribution in [3.8, 4) is 11.3 Å². The van der Waals surface area contributed by atoms with Crippen molar-refractivity contribution in [2.24, 2.45) is 11.7 Å². The summed E-state index contributed by atoms with van der Waals surface area (Å²) in [6, 6.07) is 7.49. The van der Waals surface area contributed by atoms with E-state index in [9.17, 15) is 5.11 Å². The first-order valence-electron chi connectivity index (χ1n) is 12.2. The van der Waals surface area contributed by atoms with Crippen LogP contribution in [0.1, 0.15) is 18.4 Å². The summed E-state index contributed by atoms with van der Waals surface area (Å²) in [5, 5.41) is 18.0. The first-order valence-corrected chi connectivity index (χ1v) is 12.2. The molecule has 3 aromatic heterocycles. The van der Waals surface area contributed by atoms with Crippen LogP contribution in [0.15, 0.2) is 48.9 Å². The van der Waals surface area contributed by atoms with Crippen molar-refractivity contribution in [1.82, 2.24) is 19.6 Å². The number of fused-ring (bicyclic) bond motifs is 1. The van der Waals surface area contributed by atoms with E-state index in [2.05, 4.69) is 25.3 Å². The Kier molecular flexibility index (Phi) is 5.98. The Morgan fingerprint density at radius 1 is 1.11 bits per heavy atom. The summed E-state index contributed by atoms with van der Waals surface area (Å²) in [7, 11) is 0. The Balaban J connectivity index is 1.33. The molecule has 4 N–H and O–H groups in total. The van der Waals surface area contributed by atoms with E-state index in [1.807, 2.05) is 13.0 Å². The van der Waals surface area contributed by atoms with Crippen molar-refractivity contribution in [3.63, 3.8) is 0 Å². The van der Waals surface area contributed by atoms with E-state index >= 15 is 8.78 Å². The summed E-state index contributed by atoms with van der Waals surface area (Å²) in [6.07, 6.45) is 4.41. The maximum absolute atomic E-state index is 15.0. The number of aliphatic hydroxyl groups is 1. The molecule has 5 heterocycles. The molecule has 1 aromatic carbocycles. The maximum atomic E-state index is 15.0. The number of hydrogen-bond acceptors (Lipinski definition) is 8. The third-order valence-electron chi connectivity index (χ3n) is 7.16. The molecule has 0 saturated carbocycles. The molecule has 37 heavy (non-hydrogen) atoms. The number of ether oxygens (including phenoxy) is 1. The molecule has 3 atom stereocenters. The normalized spacial score (nSPS) is 22.3. The van der Waals surface area contributed by atoms with Crippen LogP contribution in [0.3, 0.4) is 0 Å². The van der Waals surface area contributed by atoms with Crippen LogP contribution < -0.4 is 16.0 Å². The van der Waals surface area contributed by atoms with Crippen LogP contribution in [0.2, 0.25) is 0 Å². The van der Waals surface area contributed by atoms with Gasteiger partial charge in [0.05, 0.1) is 59.9 Å². The molecule has 192 valence electrons. The zero-order valence-electron chi connectivity index (χ0n) is 20.2. The third kappa shape index (κ3) is 4.28. The number of imidazole rings is 1. The van der Waals surface area contributed by atoms with Gasteiger partial charge in [-0.1, -0.05) is 6.92 Å². The Hall–Kier alpha value is -3.67. The second kappa shape index (κ2) is 9.33. The molecule has 0 radical (unpaired) electrons. The monoisotopic (exact) mass is 507 g/mol. The number of nitrogens with one attached hydrogen (secondary N) is 1. The number of halogens is 2. The van der Waals surface area contributed by atoms with E-state index in [-0.39, 0.29) is 29.1 Å². The highest BCUT2D eigenvalue weighted by atomic mass is 19.1. The predicted molar refractivity (Wildman–Crippen MR) is 135 cm³/mol. The van der Waals surface area contributed by atoms with Crippen molar-refractivity contribution >= 4 is 22.8 Å². The number of pyridine rings is 1. The quantitative estimate of drug-likeness (QED) is 0.378. The summed E-state index contributed by atoms with van der Waals surface area (Å²) in [5.41, 5.74) is 8.88. The standard InChI is InChI=1S/C26H27F2N7O2/c1-14-10-34(11-20(29)25(14)36)23-4-5-30-9-22(23)32-26-31-8-17-2-3-21(33-35(17)26)24-18(27)6-15(7-19(24)28)16-12-37-13-16/h2-9,14,16,20,25,36H,10-13,29H2,1H3,(H,31,32)/t14-,20+,25+/m0/s1. The van der Waals surface area contributed by atoms with Crippen LogP contribution >= 0.6 is 0 Å². The van der Waals surface area contributed by atoms with E-state index in [0.29, 0.717) is 49.0 Å². The lowest BCUT2D eigenvalue weighted by Gasteiger charge is -2.40. The minimum absolute atomic E-state index is 0.00533. The average molecular weight is 508 g/mol. The van der Waals surface area contributed by atoms with Gasteiger partial charge in [0.15, 0.2) is 0 Å². The van der Waals surface area contributed by atoms with E-state index in [1.54, 1.807) is 30.7 Å². The van der Waals surface area contributed by atoms with Crippen LogP contribution in [-0.4, -0.2) is 63.1 Å². The Morgan fingerprint density at radius 3 is 2.59 bits per heavy atom. The molecule has 0 amide bonds. The molecule has 2 aliphatic rings. The van der Waals surface area contributed by atoms with Gasteiger partial charge in [-0.05, 0) is 35.9 Å². The van der Waals surface area contributed by atoms with Crippen molar-refractivity contribution in [3.05, 3.63) is 66.1 Å². The van der Waals surface area contributed by atoms with Crippen LogP contribution in [0.25, 0.3) is 16.8 Å². The number of aromatic nitrogens is 4. The summed E-state index contributed by atoms with van der Waals surface area (Å²) >= 11 is 0. The Morgan fingerprint density at radius 2 is 1.89 bits per heavy atom.